The van der Waals surface area contributed by atoms with Crippen LogP contribution in [0.1, 0.15) is 18.0 Å². The average Bonchev–Trinajstić information content (AvgIpc) is 2.27. The highest BCUT2D eigenvalue weighted by Gasteiger charge is 2.39. The van der Waals surface area contributed by atoms with Gasteiger partial charge in [-0.15, -0.1) is 0 Å². The predicted molar refractivity (Wildman–Crippen MR) is 53.0 cm³/mol. The zero-order valence-corrected chi connectivity index (χ0v) is 9.33. The first-order valence-electron chi connectivity index (χ1n) is 5.03. The van der Waals surface area contributed by atoms with E-state index in [1.54, 1.807) is 0 Å². The molecule has 0 aromatic heterocycles. The molecule has 1 amide bonds. The first kappa shape index (κ1) is 14.9. The Balaban J connectivity index is 2.92. The maximum Gasteiger partial charge on any atom is 0.471 e. The monoisotopic (exact) mass is 278 g/mol. The second kappa shape index (κ2) is 5.68. The summed E-state index contributed by atoms with van der Waals surface area (Å²) in [5.41, 5.74) is 0.0307. The van der Waals surface area contributed by atoms with E-state index in [1.165, 1.54) is 5.32 Å². The third-order valence-corrected chi connectivity index (χ3v) is 2.21. The molecule has 104 valence electrons. The van der Waals surface area contributed by atoms with Crippen LogP contribution in [-0.2, 0) is 9.59 Å². The van der Waals surface area contributed by atoms with Gasteiger partial charge >= 0.3 is 12.1 Å². The van der Waals surface area contributed by atoms with Crippen molar-refractivity contribution in [1.29, 1.82) is 0 Å². The van der Waals surface area contributed by atoms with E-state index in [9.17, 15) is 32.3 Å². The van der Waals surface area contributed by atoms with Crippen molar-refractivity contribution in [2.45, 2.75) is 18.6 Å². The largest absolute Gasteiger partial charge is 0.550 e. The Morgan fingerprint density at radius 2 is 1.74 bits per heavy atom. The number of carbonyl (C=O) groups is 2. The van der Waals surface area contributed by atoms with Gasteiger partial charge in [-0.05, 0) is 17.7 Å². The molecule has 19 heavy (non-hydrogen) atoms. The normalized spacial score (nSPS) is 12.8. The standard InChI is InChI=1S/C11H9F4NO3/c12-7-3-1-6(2-4-7)8(5-9(17)18)16-10(19)11(13,14)15/h1-4,8H,5H2,(H,16,19)(H,17,18)/p-1/t8-/m0/s1. The second-order valence-corrected chi connectivity index (χ2v) is 3.65. The fourth-order valence-corrected chi connectivity index (χ4v) is 1.35. The molecule has 1 atom stereocenters. The van der Waals surface area contributed by atoms with Gasteiger partial charge in [-0.1, -0.05) is 12.1 Å². The molecule has 0 aliphatic rings. The third-order valence-electron chi connectivity index (χ3n) is 2.21. The number of aliphatic carboxylic acids is 1. The third kappa shape index (κ3) is 4.57. The van der Waals surface area contributed by atoms with Crippen molar-refractivity contribution in [1.82, 2.24) is 5.32 Å². The minimum Gasteiger partial charge on any atom is -0.550 e. The Kier molecular flexibility index (Phi) is 4.47. The predicted octanol–water partition coefficient (Wildman–Crippen LogP) is 0.685. The van der Waals surface area contributed by atoms with Crippen molar-refractivity contribution in [2.75, 3.05) is 0 Å². The van der Waals surface area contributed by atoms with Crippen LogP contribution in [0.25, 0.3) is 0 Å². The fourth-order valence-electron chi connectivity index (χ4n) is 1.35. The van der Waals surface area contributed by atoms with Gasteiger partial charge in [0, 0.05) is 12.4 Å². The van der Waals surface area contributed by atoms with Crippen LogP contribution in [0.15, 0.2) is 24.3 Å². The number of rotatable bonds is 4. The van der Waals surface area contributed by atoms with Crippen molar-refractivity contribution in [3.63, 3.8) is 0 Å². The van der Waals surface area contributed by atoms with E-state index >= 15 is 0 Å². The molecule has 4 nitrogen and oxygen atoms in total. The molecule has 1 aromatic rings. The first-order valence-corrected chi connectivity index (χ1v) is 5.03. The van der Waals surface area contributed by atoms with Crippen LogP contribution in [-0.4, -0.2) is 18.1 Å². The Morgan fingerprint density at radius 3 is 2.16 bits per heavy atom. The Hall–Kier alpha value is -2.12. The minimum atomic E-state index is -5.13. The van der Waals surface area contributed by atoms with Crippen molar-refractivity contribution in [3.8, 4) is 0 Å². The summed E-state index contributed by atoms with van der Waals surface area (Å²) in [6.45, 7) is 0. The minimum absolute atomic E-state index is 0.0307. The van der Waals surface area contributed by atoms with E-state index < -0.39 is 36.3 Å². The molecule has 1 N–H and O–H groups in total. The summed E-state index contributed by atoms with van der Waals surface area (Å²) in [5.74, 6) is -4.56. The van der Waals surface area contributed by atoms with Crippen molar-refractivity contribution >= 4 is 11.9 Å². The zero-order valence-electron chi connectivity index (χ0n) is 9.33. The summed E-state index contributed by atoms with van der Waals surface area (Å²) in [5, 5.41) is 12.0. The van der Waals surface area contributed by atoms with E-state index in [0.717, 1.165) is 24.3 Å². The lowest BCUT2D eigenvalue weighted by atomic mass is 10.0. The van der Waals surface area contributed by atoms with Crippen LogP contribution in [0.3, 0.4) is 0 Å². The Labute approximate surface area is 105 Å². The number of benzene rings is 1. The number of halogens is 4. The molecule has 0 aliphatic carbocycles. The molecule has 0 spiro atoms. The number of alkyl halides is 3. The van der Waals surface area contributed by atoms with Crippen molar-refractivity contribution < 1.29 is 32.3 Å². The number of hydrogen-bond donors (Lipinski definition) is 1. The van der Waals surface area contributed by atoms with Crippen molar-refractivity contribution in [2.24, 2.45) is 0 Å². The molecule has 8 heteroatoms. The lowest BCUT2D eigenvalue weighted by Gasteiger charge is -2.20. The van der Waals surface area contributed by atoms with Gasteiger partial charge in [-0.3, -0.25) is 4.79 Å². The number of amides is 1. The van der Waals surface area contributed by atoms with Gasteiger partial charge in [0.2, 0.25) is 0 Å². The molecule has 0 radical (unpaired) electrons. The van der Waals surface area contributed by atoms with Crippen LogP contribution < -0.4 is 10.4 Å². The van der Waals surface area contributed by atoms with E-state index in [4.69, 9.17) is 0 Å². The molecule has 0 unspecified atom stereocenters. The van der Waals surface area contributed by atoms with Crippen LogP contribution in [0.2, 0.25) is 0 Å². The van der Waals surface area contributed by atoms with Gasteiger partial charge in [-0.2, -0.15) is 13.2 Å². The summed E-state index contributed by atoms with van der Waals surface area (Å²) in [6, 6.07) is 2.60. The lowest BCUT2D eigenvalue weighted by Crippen LogP contribution is -2.41. The van der Waals surface area contributed by atoms with Crippen LogP contribution >= 0.6 is 0 Å². The number of carboxylic acid groups (broad SMARTS) is 1. The number of nitrogens with one attached hydrogen (secondary N) is 1. The van der Waals surface area contributed by atoms with Crippen LogP contribution in [0.4, 0.5) is 17.6 Å². The molecular weight excluding hydrogens is 270 g/mol. The molecule has 0 bridgehead atoms. The SMILES string of the molecule is O=C([O-])C[C@H](NC(=O)C(F)(F)F)c1ccc(F)cc1. The highest BCUT2D eigenvalue weighted by molar-refractivity contribution is 5.82. The van der Waals surface area contributed by atoms with E-state index in [-0.39, 0.29) is 5.56 Å². The lowest BCUT2D eigenvalue weighted by molar-refractivity contribution is -0.306. The maximum absolute atomic E-state index is 12.7. The molecule has 1 rings (SSSR count). The molecule has 1 aromatic carbocycles. The quantitative estimate of drug-likeness (QED) is 0.824. The molecule has 0 fully saturated rings. The van der Waals surface area contributed by atoms with Gasteiger partial charge in [0.05, 0.1) is 6.04 Å². The van der Waals surface area contributed by atoms with E-state index in [0.29, 0.717) is 0 Å². The van der Waals surface area contributed by atoms with Crippen molar-refractivity contribution in [3.05, 3.63) is 35.6 Å². The highest BCUT2D eigenvalue weighted by atomic mass is 19.4. The summed E-state index contributed by atoms with van der Waals surface area (Å²) in [4.78, 5) is 21.2. The summed E-state index contributed by atoms with van der Waals surface area (Å²) >= 11 is 0. The molecule has 0 heterocycles. The van der Waals surface area contributed by atoms with Crippen LogP contribution in [0, 0.1) is 5.82 Å². The van der Waals surface area contributed by atoms with Gasteiger partial charge < -0.3 is 15.2 Å². The van der Waals surface area contributed by atoms with Gasteiger partial charge in [0.1, 0.15) is 5.82 Å². The summed E-state index contributed by atoms with van der Waals surface area (Å²) in [6.07, 6.45) is -5.99. The molecular formula is C11H8F4NO3-. The molecule has 0 aliphatic heterocycles. The van der Waals surface area contributed by atoms with E-state index in [2.05, 4.69) is 0 Å². The van der Waals surface area contributed by atoms with E-state index in [1.807, 2.05) is 0 Å². The number of carbonyl (C=O) groups excluding carboxylic acids is 2. The highest BCUT2D eigenvalue weighted by Crippen LogP contribution is 2.21. The number of hydrogen-bond acceptors (Lipinski definition) is 3. The second-order valence-electron chi connectivity index (χ2n) is 3.65. The Bertz CT molecular complexity index is 470. The van der Waals surface area contributed by atoms with Crippen LogP contribution in [0.5, 0.6) is 0 Å². The molecule has 0 saturated heterocycles. The summed E-state index contributed by atoms with van der Waals surface area (Å²) < 4.78 is 48.9. The maximum atomic E-state index is 12.7. The number of carboxylic acids is 1. The van der Waals surface area contributed by atoms with Gasteiger partial charge in [0.25, 0.3) is 0 Å². The summed E-state index contributed by atoms with van der Waals surface area (Å²) in [7, 11) is 0. The topological polar surface area (TPSA) is 69.2 Å². The first-order chi connectivity index (χ1) is 8.70. The average molecular weight is 278 g/mol. The zero-order chi connectivity index (χ0) is 14.6. The van der Waals surface area contributed by atoms with Gasteiger partial charge in [-0.25, -0.2) is 4.39 Å². The molecule has 0 saturated carbocycles. The Morgan fingerprint density at radius 1 is 1.21 bits per heavy atom. The fraction of sp³-hybridized carbons (Fsp3) is 0.273. The van der Waals surface area contributed by atoms with Gasteiger partial charge in [0.15, 0.2) is 0 Å². The smallest absolute Gasteiger partial charge is 0.471 e.